The van der Waals surface area contributed by atoms with E-state index in [1.807, 2.05) is 12.1 Å². The first-order chi connectivity index (χ1) is 15.1. The lowest BCUT2D eigenvalue weighted by Crippen LogP contribution is -2.31. The van der Waals surface area contributed by atoms with Gasteiger partial charge < -0.3 is 19.5 Å². The first-order valence-corrected chi connectivity index (χ1v) is 10.6. The molecule has 7 heteroatoms. The molecule has 1 fully saturated rings. The summed E-state index contributed by atoms with van der Waals surface area (Å²) in [6, 6.07) is 12.3. The number of amides is 1. The summed E-state index contributed by atoms with van der Waals surface area (Å²) in [6.07, 6.45) is 6.21. The number of rotatable bonds is 7. The molecule has 0 unspecified atom stereocenters. The normalized spacial score (nSPS) is 15.4. The van der Waals surface area contributed by atoms with E-state index in [4.69, 9.17) is 14.2 Å². The van der Waals surface area contributed by atoms with E-state index in [9.17, 15) is 14.4 Å². The molecule has 0 bridgehead atoms. The summed E-state index contributed by atoms with van der Waals surface area (Å²) < 4.78 is 15.4. The number of ketones is 1. The van der Waals surface area contributed by atoms with Crippen molar-refractivity contribution in [3.05, 3.63) is 59.2 Å². The highest BCUT2D eigenvalue weighted by Crippen LogP contribution is 2.33. The van der Waals surface area contributed by atoms with Gasteiger partial charge in [0.15, 0.2) is 23.9 Å². The summed E-state index contributed by atoms with van der Waals surface area (Å²) >= 11 is 0. The summed E-state index contributed by atoms with van der Waals surface area (Å²) in [4.78, 5) is 36.4. The summed E-state index contributed by atoms with van der Waals surface area (Å²) in [5.74, 6) is 0.229. The predicted molar refractivity (Wildman–Crippen MR) is 112 cm³/mol. The Labute approximate surface area is 180 Å². The molecule has 1 heterocycles. The van der Waals surface area contributed by atoms with Gasteiger partial charge in [0.2, 0.25) is 6.79 Å². The van der Waals surface area contributed by atoms with Crippen LogP contribution in [0.3, 0.4) is 0 Å². The molecule has 1 saturated carbocycles. The van der Waals surface area contributed by atoms with Crippen molar-refractivity contribution in [1.29, 1.82) is 0 Å². The number of carbonyl (C=O) groups excluding carboxylic acids is 3. The minimum absolute atomic E-state index is 0.115. The maximum absolute atomic E-state index is 12.3. The Kier molecular flexibility index (Phi) is 6.50. The van der Waals surface area contributed by atoms with Gasteiger partial charge in [0.05, 0.1) is 0 Å². The molecule has 2 aromatic carbocycles. The van der Waals surface area contributed by atoms with Crippen molar-refractivity contribution < 1.29 is 28.6 Å². The van der Waals surface area contributed by atoms with Gasteiger partial charge in [-0.15, -0.1) is 0 Å². The topological polar surface area (TPSA) is 90.9 Å². The van der Waals surface area contributed by atoms with Gasteiger partial charge in [-0.05, 0) is 42.5 Å². The standard InChI is InChI=1S/C24H25NO6/c26-20(18-8-6-17(7-9-18)16-4-2-1-3-5-16)14-29-23(27)13-25-24(28)19-10-11-21-22(12-19)31-15-30-21/h6-12,16H,1-5,13-15H2,(H,25,28). The second kappa shape index (κ2) is 9.64. The zero-order valence-electron chi connectivity index (χ0n) is 17.2. The van der Waals surface area contributed by atoms with Crippen molar-refractivity contribution in [2.75, 3.05) is 19.9 Å². The van der Waals surface area contributed by atoms with Gasteiger partial charge in [0.25, 0.3) is 5.91 Å². The minimum Gasteiger partial charge on any atom is -0.456 e. The SMILES string of the molecule is O=C(CNC(=O)c1ccc2c(c1)OCO2)OCC(=O)c1ccc(C2CCCCC2)cc1. The summed E-state index contributed by atoms with van der Waals surface area (Å²) in [5, 5.41) is 2.48. The highest BCUT2D eigenvalue weighted by atomic mass is 16.7. The summed E-state index contributed by atoms with van der Waals surface area (Å²) in [6.45, 7) is -0.577. The fourth-order valence-corrected chi connectivity index (χ4v) is 3.95. The van der Waals surface area contributed by atoms with Crippen LogP contribution >= 0.6 is 0 Å². The van der Waals surface area contributed by atoms with Crippen LogP contribution in [0.2, 0.25) is 0 Å². The van der Waals surface area contributed by atoms with Crippen LogP contribution in [0, 0.1) is 0 Å². The van der Waals surface area contributed by atoms with Crippen molar-refractivity contribution in [3.63, 3.8) is 0 Å². The van der Waals surface area contributed by atoms with Gasteiger partial charge in [-0.2, -0.15) is 0 Å². The third kappa shape index (κ3) is 5.23. The van der Waals surface area contributed by atoms with Crippen LogP contribution in [0.15, 0.2) is 42.5 Å². The van der Waals surface area contributed by atoms with Crippen LogP contribution in [0.4, 0.5) is 0 Å². The number of benzene rings is 2. The quantitative estimate of drug-likeness (QED) is 0.540. The summed E-state index contributed by atoms with van der Waals surface area (Å²) in [7, 11) is 0. The number of nitrogens with one attached hydrogen (secondary N) is 1. The summed E-state index contributed by atoms with van der Waals surface area (Å²) in [5.41, 5.74) is 2.11. The maximum atomic E-state index is 12.3. The molecular weight excluding hydrogens is 398 g/mol. The average Bonchev–Trinajstić information content (AvgIpc) is 3.29. The smallest absolute Gasteiger partial charge is 0.325 e. The Hall–Kier alpha value is -3.35. The fourth-order valence-electron chi connectivity index (χ4n) is 3.95. The Morgan fingerprint density at radius 3 is 2.39 bits per heavy atom. The minimum atomic E-state index is -0.679. The second-order valence-electron chi connectivity index (χ2n) is 7.79. The molecule has 0 spiro atoms. The van der Waals surface area contributed by atoms with E-state index >= 15 is 0 Å². The molecule has 1 aliphatic carbocycles. The first kappa shape index (κ1) is 20.9. The van der Waals surface area contributed by atoms with Crippen LogP contribution in [0.5, 0.6) is 11.5 Å². The molecule has 0 radical (unpaired) electrons. The zero-order chi connectivity index (χ0) is 21.6. The van der Waals surface area contributed by atoms with Crippen molar-refractivity contribution in [1.82, 2.24) is 5.32 Å². The number of ether oxygens (including phenoxy) is 3. The second-order valence-corrected chi connectivity index (χ2v) is 7.79. The molecule has 2 aliphatic rings. The van der Waals surface area contributed by atoms with E-state index in [1.54, 1.807) is 30.3 Å². The third-order valence-electron chi connectivity index (χ3n) is 5.70. The van der Waals surface area contributed by atoms with E-state index in [0.717, 1.165) is 0 Å². The number of hydrogen-bond acceptors (Lipinski definition) is 6. The van der Waals surface area contributed by atoms with Crippen LogP contribution in [-0.2, 0) is 9.53 Å². The molecule has 7 nitrogen and oxygen atoms in total. The number of carbonyl (C=O) groups is 3. The van der Waals surface area contributed by atoms with E-state index < -0.39 is 11.9 Å². The number of Topliss-reactive ketones (excluding diaryl/α,β-unsaturated/α-hetero) is 1. The van der Waals surface area contributed by atoms with Crippen LogP contribution in [-0.4, -0.2) is 37.6 Å². The van der Waals surface area contributed by atoms with Gasteiger partial charge in [0, 0.05) is 11.1 Å². The number of hydrogen-bond donors (Lipinski definition) is 1. The molecule has 1 aliphatic heterocycles. The molecule has 1 amide bonds. The van der Waals surface area contributed by atoms with Crippen molar-refractivity contribution in [2.24, 2.45) is 0 Å². The maximum Gasteiger partial charge on any atom is 0.325 e. The Morgan fingerprint density at radius 2 is 1.61 bits per heavy atom. The van der Waals surface area contributed by atoms with Crippen molar-refractivity contribution in [2.45, 2.75) is 38.0 Å². The number of esters is 1. The Morgan fingerprint density at radius 1 is 0.903 bits per heavy atom. The Balaban J connectivity index is 1.22. The molecule has 0 saturated heterocycles. The molecule has 1 N–H and O–H groups in total. The largest absolute Gasteiger partial charge is 0.456 e. The first-order valence-electron chi connectivity index (χ1n) is 10.6. The predicted octanol–water partition coefficient (Wildman–Crippen LogP) is 3.62. The monoisotopic (exact) mass is 423 g/mol. The molecule has 31 heavy (non-hydrogen) atoms. The lowest BCUT2D eigenvalue weighted by molar-refractivity contribution is -0.141. The molecule has 4 rings (SSSR count). The van der Waals surface area contributed by atoms with Gasteiger partial charge in [-0.1, -0.05) is 43.5 Å². The van der Waals surface area contributed by atoms with Crippen LogP contribution in [0.25, 0.3) is 0 Å². The average molecular weight is 423 g/mol. The lowest BCUT2D eigenvalue weighted by Gasteiger charge is -2.22. The van der Waals surface area contributed by atoms with Crippen molar-refractivity contribution in [3.8, 4) is 11.5 Å². The van der Waals surface area contributed by atoms with E-state index in [0.29, 0.717) is 28.5 Å². The highest BCUT2D eigenvalue weighted by molar-refractivity contribution is 5.99. The van der Waals surface area contributed by atoms with Gasteiger partial charge >= 0.3 is 5.97 Å². The van der Waals surface area contributed by atoms with Crippen LogP contribution < -0.4 is 14.8 Å². The fraction of sp³-hybridized carbons (Fsp3) is 0.375. The highest BCUT2D eigenvalue weighted by Gasteiger charge is 2.18. The lowest BCUT2D eigenvalue weighted by atomic mass is 9.84. The van der Waals surface area contributed by atoms with Crippen molar-refractivity contribution >= 4 is 17.7 Å². The van der Waals surface area contributed by atoms with E-state index in [2.05, 4.69) is 5.32 Å². The van der Waals surface area contributed by atoms with E-state index in [-0.39, 0.29) is 25.7 Å². The Bertz CT molecular complexity index is 963. The number of fused-ring (bicyclic) bond motifs is 1. The molecule has 2 aromatic rings. The van der Waals surface area contributed by atoms with Gasteiger partial charge in [-0.3, -0.25) is 14.4 Å². The molecule has 0 aromatic heterocycles. The molecule has 0 atom stereocenters. The van der Waals surface area contributed by atoms with E-state index in [1.165, 1.54) is 37.7 Å². The van der Waals surface area contributed by atoms with Crippen LogP contribution in [0.1, 0.15) is 64.3 Å². The zero-order valence-corrected chi connectivity index (χ0v) is 17.2. The third-order valence-corrected chi connectivity index (χ3v) is 5.70. The van der Waals surface area contributed by atoms with Gasteiger partial charge in [-0.25, -0.2) is 0 Å². The molecule has 162 valence electrons. The van der Waals surface area contributed by atoms with Gasteiger partial charge in [0.1, 0.15) is 6.54 Å². The molecular formula is C24H25NO6.